The van der Waals surface area contributed by atoms with Gasteiger partial charge in [0.25, 0.3) is 0 Å². The van der Waals surface area contributed by atoms with Gasteiger partial charge < -0.3 is 20.6 Å². The van der Waals surface area contributed by atoms with Crippen molar-refractivity contribution in [1.82, 2.24) is 24.3 Å². The zero-order chi connectivity index (χ0) is 25.1. The number of fused-ring (bicyclic) bond motifs is 2. The number of imidazole rings is 1. The number of halogens is 2. The first kappa shape index (κ1) is 23.0. The number of benzene rings is 1. The second kappa shape index (κ2) is 8.16. The number of nitrogens with two attached hydrogens (primary N) is 1. The van der Waals surface area contributed by atoms with Crippen LogP contribution in [0.2, 0.25) is 5.02 Å². The largest absolute Gasteiger partial charge is 0.506 e. The summed E-state index contributed by atoms with van der Waals surface area (Å²) in [6.07, 6.45) is 6.93. The first-order valence-corrected chi connectivity index (χ1v) is 11.5. The van der Waals surface area contributed by atoms with Crippen LogP contribution in [0.1, 0.15) is 44.0 Å². The van der Waals surface area contributed by atoms with E-state index in [9.17, 15) is 14.3 Å². The lowest BCUT2D eigenvalue weighted by molar-refractivity contribution is -0.119. The highest BCUT2D eigenvalue weighted by atomic mass is 35.5. The third-order valence-corrected chi connectivity index (χ3v) is 6.71. The number of phenolic OH excluding ortho intramolecular Hbond substituents is 1. The van der Waals surface area contributed by atoms with Gasteiger partial charge in [0.15, 0.2) is 11.5 Å². The summed E-state index contributed by atoms with van der Waals surface area (Å²) in [5, 5.41) is 12.3. The number of carbonyl (C=O) groups excluding carboxylic acids is 1. The van der Waals surface area contributed by atoms with Crippen LogP contribution < -0.4 is 11.1 Å². The average molecular weight is 496 g/mol. The predicted molar refractivity (Wildman–Crippen MR) is 130 cm³/mol. The molecule has 1 amide bonds. The van der Waals surface area contributed by atoms with Crippen LogP contribution in [0.5, 0.6) is 5.75 Å². The summed E-state index contributed by atoms with van der Waals surface area (Å²) in [6, 6.07) is 2.34. The minimum atomic E-state index is -1.44. The Morgan fingerprint density at radius 2 is 2.06 bits per heavy atom. The number of hydrogen-bond donors (Lipinski definition) is 3. The molecular weight excluding hydrogens is 473 g/mol. The minimum absolute atomic E-state index is 0.0388. The molecule has 1 aliphatic heterocycles. The van der Waals surface area contributed by atoms with Gasteiger partial charge in [-0.3, -0.25) is 4.79 Å². The third-order valence-electron chi connectivity index (χ3n) is 6.34. The summed E-state index contributed by atoms with van der Waals surface area (Å²) in [5.74, 6) is -0.853. The third kappa shape index (κ3) is 3.65. The normalized spacial score (nSPS) is 17.3. The average Bonchev–Trinajstić information content (AvgIpc) is 3.38. The van der Waals surface area contributed by atoms with Gasteiger partial charge in [-0.1, -0.05) is 25.4 Å². The molecule has 4 heterocycles. The Hall–Kier alpha value is -3.79. The summed E-state index contributed by atoms with van der Waals surface area (Å²) in [7, 11) is 0. The van der Waals surface area contributed by atoms with E-state index in [1.54, 1.807) is 19.3 Å². The van der Waals surface area contributed by atoms with Crippen LogP contribution in [0.4, 0.5) is 16.0 Å². The van der Waals surface area contributed by atoms with Crippen molar-refractivity contribution in [3.8, 4) is 17.3 Å². The van der Waals surface area contributed by atoms with E-state index in [-0.39, 0.29) is 28.6 Å². The number of aryl methyl sites for hydroxylation is 1. The first-order valence-electron chi connectivity index (χ1n) is 11.1. The van der Waals surface area contributed by atoms with E-state index < -0.39 is 27.9 Å². The van der Waals surface area contributed by atoms with Crippen molar-refractivity contribution in [1.29, 1.82) is 0 Å². The number of carbonyl (C=O) groups is 1. The predicted octanol–water partition coefficient (Wildman–Crippen LogP) is 4.11. The second-order valence-electron chi connectivity index (χ2n) is 9.19. The van der Waals surface area contributed by atoms with Crippen molar-refractivity contribution in [2.24, 2.45) is 5.92 Å². The number of nitrogen functional groups attached to an aromatic ring is 1. The molecule has 0 aliphatic carbocycles. The fraction of sp³-hybridized carbons (Fsp3) is 0.292. The van der Waals surface area contributed by atoms with Gasteiger partial charge >= 0.3 is 0 Å². The number of rotatable bonds is 5. The van der Waals surface area contributed by atoms with E-state index in [4.69, 9.17) is 22.3 Å². The maximum absolute atomic E-state index is 14.3. The monoisotopic (exact) mass is 495 g/mol. The van der Waals surface area contributed by atoms with Crippen LogP contribution in [0, 0.1) is 11.7 Å². The van der Waals surface area contributed by atoms with Crippen molar-refractivity contribution >= 4 is 34.8 Å². The number of hydrogen-bond acceptors (Lipinski definition) is 7. The van der Waals surface area contributed by atoms with Crippen LogP contribution in [0.15, 0.2) is 30.7 Å². The summed E-state index contributed by atoms with van der Waals surface area (Å²) in [4.78, 5) is 31.3. The number of nitrogens with zero attached hydrogens (tertiary/aromatic N) is 5. The molecule has 0 bridgehead atoms. The lowest BCUT2D eigenvalue weighted by Crippen LogP contribution is -2.33. The zero-order valence-corrected chi connectivity index (χ0v) is 20.1. The molecule has 1 aliphatic rings. The van der Waals surface area contributed by atoms with E-state index in [0.717, 1.165) is 30.2 Å². The molecule has 3 aromatic heterocycles. The molecule has 9 nitrogen and oxygen atoms in total. The summed E-state index contributed by atoms with van der Waals surface area (Å²) >= 11 is 5.76. The number of phenols is 1. The van der Waals surface area contributed by atoms with E-state index in [2.05, 4.69) is 34.1 Å². The van der Waals surface area contributed by atoms with Crippen molar-refractivity contribution in [3.63, 3.8) is 0 Å². The van der Waals surface area contributed by atoms with Crippen molar-refractivity contribution in [3.05, 3.63) is 58.4 Å². The molecule has 0 spiro atoms. The lowest BCUT2D eigenvalue weighted by Gasteiger charge is -2.24. The molecule has 0 saturated carbocycles. The molecule has 1 atom stereocenters. The topological polar surface area (TPSA) is 131 Å². The van der Waals surface area contributed by atoms with Gasteiger partial charge in [0.1, 0.15) is 39.3 Å². The maximum Gasteiger partial charge on any atom is 0.240 e. The van der Waals surface area contributed by atoms with Crippen LogP contribution in [-0.2, 0) is 16.6 Å². The Balaban J connectivity index is 1.63. The number of nitrogens with one attached hydrogen (secondary N) is 1. The molecular formula is C24H23ClFN7O2. The molecule has 11 heteroatoms. The van der Waals surface area contributed by atoms with Crippen molar-refractivity contribution in [2.45, 2.75) is 39.0 Å². The Kier molecular flexibility index (Phi) is 5.36. The number of aromatic hydroxyl groups is 1. The van der Waals surface area contributed by atoms with E-state index in [0.29, 0.717) is 11.6 Å². The number of amides is 1. The molecule has 0 saturated heterocycles. The van der Waals surface area contributed by atoms with Gasteiger partial charge in [-0.15, -0.1) is 0 Å². The molecule has 1 aromatic carbocycles. The summed E-state index contributed by atoms with van der Waals surface area (Å²) in [6.45, 7) is 5.85. The van der Waals surface area contributed by atoms with Crippen LogP contribution in [-0.4, -0.2) is 35.4 Å². The first-order chi connectivity index (χ1) is 16.6. The van der Waals surface area contributed by atoms with Crippen LogP contribution >= 0.6 is 11.6 Å². The Bertz CT molecular complexity index is 1480. The standard InChI is InChI=1S/C24H23ClFN7O2/c1-11(2)4-5-14-22-28-6-7-33(22)10-15(29-14)20-30-19(27)17-21(31-20)32-23(35)24(17,3)12-8-13(26)18(25)16(34)9-12/h6-11,34H,4-5H2,1-3H3,(H3,27,30,31,32,35)/t24-/m1/s1. The summed E-state index contributed by atoms with van der Waals surface area (Å²) < 4.78 is 16.2. The minimum Gasteiger partial charge on any atom is -0.506 e. The molecule has 4 N–H and O–H groups in total. The van der Waals surface area contributed by atoms with Crippen LogP contribution in [0.25, 0.3) is 17.2 Å². The Morgan fingerprint density at radius 1 is 1.29 bits per heavy atom. The fourth-order valence-electron chi connectivity index (χ4n) is 4.36. The highest BCUT2D eigenvalue weighted by molar-refractivity contribution is 6.32. The van der Waals surface area contributed by atoms with Gasteiger partial charge in [0.05, 0.1) is 11.3 Å². The fourth-order valence-corrected chi connectivity index (χ4v) is 4.47. The molecule has 180 valence electrons. The quantitative estimate of drug-likeness (QED) is 0.379. The second-order valence-corrected chi connectivity index (χ2v) is 9.57. The number of aromatic nitrogens is 5. The van der Waals surface area contributed by atoms with Gasteiger partial charge in [0.2, 0.25) is 5.91 Å². The van der Waals surface area contributed by atoms with Gasteiger partial charge in [0, 0.05) is 18.6 Å². The van der Waals surface area contributed by atoms with Gasteiger partial charge in [-0.2, -0.15) is 0 Å². The SMILES string of the molecule is CC(C)CCc1nc(-c2nc(N)c3c(n2)NC(=O)[C@]3(C)c2cc(O)c(Cl)c(F)c2)cn2ccnc12. The zero-order valence-electron chi connectivity index (χ0n) is 19.3. The van der Waals surface area contributed by atoms with Gasteiger partial charge in [-0.05, 0) is 43.4 Å². The number of anilines is 2. The highest BCUT2D eigenvalue weighted by Crippen LogP contribution is 2.46. The van der Waals surface area contributed by atoms with E-state index >= 15 is 0 Å². The van der Waals surface area contributed by atoms with Gasteiger partial charge in [-0.25, -0.2) is 24.3 Å². The molecule has 0 unspecified atom stereocenters. The highest BCUT2D eigenvalue weighted by Gasteiger charge is 2.48. The smallest absolute Gasteiger partial charge is 0.240 e. The lowest BCUT2D eigenvalue weighted by atomic mass is 9.77. The molecule has 0 fully saturated rings. The summed E-state index contributed by atoms with van der Waals surface area (Å²) in [5.41, 5.74) is 7.41. The van der Waals surface area contributed by atoms with E-state index in [1.165, 1.54) is 6.07 Å². The molecule has 4 aromatic rings. The molecule has 35 heavy (non-hydrogen) atoms. The van der Waals surface area contributed by atoms with Crippen molar-refractivity contribution < 1.29 is 14.3 Å². The van der Waals surface area contributed by atoms with E-state index in [1.807, 2.05) is 10.6 Å². The molecule has 5 rings (SSSR count). The Labute approximate surface area is 205 Å². The maximum atomic E-state index is 14.3. The van der Waals surface area contributed by atoms with Crippen molar-refractivity contribution in [2.75, 3.05) is 11.1 Å². The van der Waals surface area contributed by atoms with Crippen LogP contribution in [0.3, 0.4) is 0 Å². The molecule has 0 radical (unpaired) electrons. The Morgan fingerprint density at radius 3 is 2.77 bits per heavy atom.